The van der Waals surface area contributed by atoms with Crippen molar-refractivity contribution < 1.29 is 10.4 Å². The highest BCUT2D eigenvalue weighted by Crippen LogP contribution is 2.77. The average molecular weight is 469 g/mol. The second kappa shape index (κ2) is 7.59. The first-order chi connectivity index (χ1) is 15.9. The Labute approximate surface area is 207 Å². The molecule has 0 saturated heterocycles. The molecule has 0 bridgehead atoms. The van der Waals surface area contributed by atoms with Gasteiger partial charge in [0.1, 0.15) is 0 Å². The van der Waals surface area contributed by atoms with Crippen molar-refractivity contribution in [2.24, 2.45) is 67.0 Å². The Hall–Kier alpha value is -1.32. The maximum atomic E-state index is 9.76. The molecular weight excluding hydrogens is 420 g/mol. The van der Waals surface area contributed by atoms with E-state index in [1.54, 1.807) is 0 Å². The Morgan fingerprint density at radius 1 is 0.882 bits per heavy atom. The maximum Gasteiger partial charge on any atom is 0.0630 e. The summed E-state index contributed by atoms with van der Waals surface area (Å²) >= 11 is 0. The van der Waals surface area contributed by atoms with Crippen LogP contribution >= 0.6 is 0 Å². The second-order valence-corrected chi connectivity index (χ2v) is 14.4. The van der Waals surface area contributed by atoms with Gasteiger partial charge < -0.3 is 10.4 Å². The lowest BCUT2D eigenvalue weighted by atomic mass is 9.32. The highest BCUT2D eigenvalue weighted by atomic mass is 16.4. The molecule has 0 amide bonds. The number of oxime groups is 2. The van der Waals surface area contributed by atoms with Crippen LogP contribution in [0.4, 0.5) is 0 Å². The van der Waals surface area contributed by atoms with E-state index in [0.29, 0.717) is 45.8 Å². The number of fused-ring (bicyclic) bond motifs is 7. The number of nitrogens with zero attached hydrogens (tertiary/aromatic N) is 2. The van der Waals surface area contributed by atoms with E-state index in [9.17, 15) is 10.4 Å². The van der Waals surface area contributed by atoms with Gasteiger partial charge in [-0.25, -0.2) is 0 Å². The second-order valence-electron chi connectivity index (χ2n) is 14.4. The quantitative estimate of drug-likeness (QED) is 0.187. The van der Waals surface area contributed by atoms with Crippen molar-refractivity contribution in [3.8, 4) is 0 Å². The average Bonchev–Trinajstić information content (AvgIpc) is 3.14. The molecule has 0 aliphatic heterocycles. The van der Waals surface area contributed by atoms with Gasteiger partial charge in [0.25, 0.3) is 0 Å². The van der Waals surface area contributed by atoms with Gasteiger partial charge in [0, 0.05) is 10.8 Å². The fourth-order valence-electron chi connectivity index (χ4n) is 11.5. The Morgan fingerprint density at radius 3 is 2.26 bits per heavy atom. The third kappa shape index (κ3) is 2.83. The Bertz CT molecular complexity index is 923. The predicted molar refractivity (Wildman–Crippen MR) is 138 cm³/mol. The van der Waals surface area contributed by atoms with Crippen molar-refractivity contribution in [1.82, 2.24) is 0 Å². The highest BCUT2D eigenvalue weighted by Gasteiger charge is 2.70. The Kier molecular flexibility index (Phi) is 5.44. The lowest BCUT2D eigenvalue weighted by Crippen LogP contribution is -2.66. The van der Waals surface area contributed by atoms with Crippen molar-refractivity contribution >= 4 is 11.9 Å². The van der Waals surface area contributed by atoms with Gasteiger partial charge in [-0.15, -0.1) is 5.16 Å². The summed E-state index contributed by atoms with van der Waals surface area (Å²) in [6.45, 7) is 19.2. The predicted octanol–water partition coefficient (Wildman–Crippen LogP) is 7.93. The van der Waals surface area contributed by atoms with Gasteiger partial charge >= 0.3 is 0 Å². The van der Waals surface area contributed by atoms with E-state index in [4.69, 9.17) is 0 Å². The summed E-state index contributed by atoms with van der Waals surface area (Å²) in [5, 5.41) is 26.9. The molecule has 4 nitrogen and oxygen atoms in total. The van der Waals surface area contributed by atoms with Gasteiger partial charge in [-0.05, 0) is 117 Å². The van der Waals surface area contributed by atoms with Gasteiger partial charge in [0.2, 0.25) is 0 Å². The van der Waals surface area contributed by atoms with E-state index >= 15 is 0 Å². The first kappa shape index (κ1) is 24.4. The monoisotopic (exact) mass is 468 g/mol. The van der Waals surface area contributed by atoms with Crippen molar-refractivity contribution in [3.05, 3.63) is 12.2 Å². The van der Waals surface area contributed by atoms with E-state index in [1.165, 1.54) is 44.1 Å². The molecule has 0 aromatic carbocycles. The zero-order chi connectivity index (χ0) is 24.7. The number of rotatable bonds is 2. The van der Waals surface area contributed by atoms with E-state index in [1.807, 2.05) is 6.21 Å². The first-order valence-electron chi connectivity index (χ1n) is 14.0. The summed E-state index contributed by atoms with van der Waals surface area (Å²) in [5.41, 5.74) is 3.27. The molecule has 0 heterocycles. The molecule has 5 fully saturated rings. The summed E-state index contributed by atoms with van der Waals surface area (Å²) in [6.07, 6.45) is 13.8. The highest BCUT2D eigenvalue weighted by molar-refractivity contribution is 5.90. The molecule has 5 aliphatic carbocycles. The summed E-state index contributed by atoms with van der Waals surface area (Å²) in [6, 6.07) is 0. The van der Waals surface area contributed by atoms with Crippen molar-refractivity contribution in [1.29, 1.82) is 0 Å². The Morgan fingerprint density at radius 2 is 1.62 bits per heavy atom. The molecular formula is C30H48N2O2. The normalized spacial score (nSPS) is 53.1. The SMILES string of the molecule is C=C(C)[C@@H]1CC[C@@]2(/C=N/O)CC[C@]3(C)[C@@H](CC[C@@H]4[C@@]5(C)CC/C(=N\O)C(C)(C)[C@@H]5CC[C@]43C)[C@H]12. The van der Waals surface area contributed by atoms with Crippen LogP contribution in [0, 0.1) is 56.7 Å². The fraction of sp³-hybridized carbons (Fsp3) is 0.867. The minimum atomic E-state index is -0.0311. The van der Waals surface area contributed by atoms with Crippen LogP contribution in [0.5, 0.6) is 0 Å². The summed E-state index contributed by atoms with van der Waals surface area (Å²) < 4.78 is 0. The molecule has 9 atom stereocenters. The molecule has 5 aliphatic rings. The van der Waals surface area contributed by atoms with Crippen molar-refractivity contribution in [3.63, 3.8) is 0 Å². The minimum absolute atomic E-state index is 0.0311. The molecule has 0 radical (unpaired) electrons. The van der Waals surface area contributed by atoms with Crippen LogP contribution in [0.2, 0.25) is 0 Å². The molecule has 0 spiro atoms. The lowest BCUT2D eigenvalue weighted by Gasteiger charge is -2.72. The third-order valence-corrected chi connectivity index (χ3v) is 13.3. The summed E-state index contributed by atoms with van der Waals surface area (Å²) in [7, 11) is 0. The zero-order valence-corrected chi connectivity index (χ0v) is 22.5. The molecule has 0 aromatic rings. The van der Waals surface area contributed by atoms with Gasteiger partial charge in [-0.1, -0.05) is 51.9 Å². The van der Waals surface area contributed by atoms with Gasteiger partial charge in [-0.3, -0.25) is 0 Å². The van der Waals surface area contributed by atoms with E-state index in [0.717, 1.165) is 31.4 Å². The van der Waals surface area contributed by atoms with Crippen LogP contribution in [-0.4, -0.2) is 22.3 Å². The summed E-state index contributed by atoms with van der Waals surface area (Å²) in [5.74, 6) is 3.06. The fourth-order valence-corrected chi connectivity index (χ4v) is 11.5. The van der Waals surface area contributed by atoms with Crippen molar-refractivity contribution in [2.75, 3.05) is 0 Å². The van der Waals surface area contributed by atoms with Crippen LogP contribution in [0.1, 0.15) is 106 Å². The van der Waals surface area contributed by atoms with Crippen LogP contribution < -0.4 is 0 Å². The molecule has 5 rings (SSSR count). The third-order valence-electron chi connectivity index (χ3n) is 13.3. The minimum Gasteiger partial charge on any atom is -0.411 e. The van der Waals surface area contributed by atoms with Gasteiger partial charge in [-0.2, -0.15) is 0 Å². The molecule has 4 heteroatoms. The molecule has 0 aromatic heterocycles. The van der Waals surface area contributed by atoms with E-state index < -0.39 is 0 Å². The van der Waals surface area contributed by atoms with Crippen LogP contribution in [0.15, 0.2) is 22.5 Å². The van der Waals surface area contributed by atoms with Crippen molar-refractivity contribution in [2.45, 2.75) is 106 Å². The van der Waals surface area contributed by atoms with Gasteiger partial charge in [0.15, 0.2) is 0 Å². The van der Waals surface area contributed by atoms with Crippen LogP contribution in [0.3, 0.4) is 0 Å². The standard InChI is InChI=1S/C30H48N2O2/c1-19(2)20-10-15-30(18-31-33)17-16-28(6)21(25(20)30)8-9-23-27(5)13-12-24(32-34)26(3,4)22(27)11-14-29(23,28)7/h18,20-23,25,33-34H,1,8-17H2,2-7H3/b31-18+,32-24+/t20-,21-,22-,23+,25-,27-,28+,29+,30-/m0/s1. The smallest absolute Gasteiger partial charge is 0.0630 e. The topological polar surface area (TPSA) is 65.2 Å². The van der Waals surface area contributed by atoms with Crippen LogP contribution in [0.25, 0.3) is 0 Å². The molecule has 0 unspecified atom stereocenters. The number of hydrogen-bond acceptors (Lipinski definition) is 4. The lowest BCUT2D eigenvalue weighted by molar-refractivity contribution is -0.222. The zero-order valence-electron chi connectivity index (χ0n) is 22.5. The molecule has 190 valence electrons. The largest absolute Gasteiger partial charge is 0.411 e. The number of allylic oxidation sites excluding steroid dienone is 1. The molecule has 34 heavy (non-hydrogen) atoms. The molecule has 5 saturated carbocycles. The van der Waals surface area contributed by atoms with E-state index in [2.05, 4.69) is 58.4 Å². The van der Waals surface area contributed by atoms with Crippen LogP contribution in [-0.2, 0) is 0 Å². The summed E-state index contributed by atoms with van der Waals surface area (Å²) in [4.78, 5) is 0. The first-order valence-corrected chi connectivity index (χ1v) is 14.0. The Balaban J connectivity index is 1.56. The van der Waals surface area contributed by atoms with E-state index in [-0.39, 0.29) is 10.8 Å². The number of hydrogen-bond donors (Lipinski definition) is 2. The maximum absolute atomic E-state index is 9.76. The van der Waals surface area contributed by atoms with Gasteiger partial charge in [0.05, 0.1) is 11.9 Å². The molecule has 2 N–H and O–H groups in total.